The summed E-state index contributed by atoms with van der Waals surface area (Å²) in [6.07, 6.45) is 2.96. The van der Waals surface area contributed by atoms with Crippen molar-refractivity contribution < 1.29 is 9.13 Å². The minimum Gasteiger partial charge on any atom is -0.494 e. The Morgan fingerprint density at radius 1 is 1.05 bits per heavy atom. The highest BCUT2D eigenvalue weighted by Crippen LogP contribution is 2.18. The van der Waals surface area contributed by atoms with Crippen LogP contribution in [0.1, 0.15) is 18.4 Å². The first-order valence-corrected chi connectivity index (χ1v) is 8.38. The molecule has 0 heterocycles. The van der Waals surface area contributed by atoms with E-state index in [1.54, 1.807) is 12.1 Å². The molecule has 21 heavy (non-hydrogen) atoms. The predicted octanol–water partition coefficient (Wildman–Crippen LogP) is 5.24. The van der Waals surface area contributed by atoms with Crippen LogP contribution in [0.25, 0.3) is 0 Å². The van der Waals surface area contributed by atoms with E-state index < -0.39 is 0 Å². The second-order valence-corrected chi connectivity index (χ2v) is 5.81. The van der Waals surface area contributed by atoms with Gasteiger partial charge in [-0.1, -0.05) is 46.3 Å². The van der Waals surface area contributed by atoms with Gasteiger partial charge < -0.3 is 4.74 Å². The molecule has 2 aromatic carbocycles. The first-order chi connectivity index (χ1) is 10.3. The molecule has 0 saturated heterocycles. The Morgan fingerprint density at radius 3 is 2.57 bits per heavy atom. The van der Waals surface area contributed by atoms with Crippen LogP contribution >= 0.6 is 15.9 Å². The van der Waals surface area contributed by atoms with Crippen LogP contribution in [0.4, 0.5) is 4.39 Å². The highest BCUT2D eigenvalue weighted by molar-refractivity contribution is 9.09. The molecule has 0 fully saturated rings. The normalized spacial score (nSPS) is 12.1. The predicted molar refractivity (Wildman–Crippen MR) is 88.6 cm³/mol. The molecule has 0 aliphatic rings. The van der Waals surface area contributed by atoms with Crippen LogP contribution in [0.15, 0.2) is 54.6 Å². The van der Waals surface area contributed by atoms with Crippen molar-refractivity contribution in [1.82, 2.24) is 0 Å². The molecular formula is C18H20BrFO. The summed E-state index contributed by atoms with van der Waals surface area (Å²) in [5, 5.41) is 0.925. The Kier molecular flexibility index (Phi) is 6.74. The third kappa shape index (κ3) is 5.88. The summed E-state index contributed by atoms with van der Waals surface area (Å²) in [5.41, 5.74) is 1.06. The van der Waals surface area contributed by atoms with Gasteiger partial charge in [0, 0.05) is 5.33 Å². The number of para-hydroxylation sites is 1. The zero-order valence-electron chi connectivity index (χ0n) is 12.0. The molecule has 0 amide bonds. The summed E-state index contributed by atoms with van der Waals surface area (Å²) in [4.78, 5) is 0. The number of ether oxygens (including phenoxy) is 1. The van der Waals surface area contributed by atoms with Crippen LogP contribution in [0.5, 0.6) is 5.75 Å². The maximum atomic E-state index is 13.2. The Labute approximate surface area is 134 Å². The SMILES string of the molecule is Fc1cccc(CC(CBr)CCCOc2ccccc2)c1. The van der Waals surface area contributed by atoms with E-state index in [0.717, 1.165) is 42.5 Å². The third-order valence-corrected chi connectivity index (χ3v) is 4.32. The monoisotopic (exact) mass is 350 g/mol. The van der Waals surface area contributed by atoms with Gasteiger partial charge in [0.25, 0.3) is 0 Å². The summed E-state index contributed by atoms with van der Waals surface area (Å²) < 4.78 is 18.9. The smallest absolute Gasteiger partial charge is 0.123 e. The van der Waals surface area contributed by atoms with Gasteiger partial charge in [0.1, 0.15) is 11.6 Å². The average Bonchev–Trinajstić information content (AvgIpc) is 2.51. The zero-order chi connectivity index (χ0) is 14.9. The Morgan fingerprint density at radius 2 is 1.86 bits per heavy atom. The molecule has 0 aliphatic carbocycles. The molecule has 1 unspecified atom stereocenters. The summed E-state index contributed by atoms with van der Waals surface area (Å²) in [6, 6.07) is 16.7. The quantitative estimate of drug-likeness (QED) is 0.467. The Balaban J connectivity index is 1.72. The summed E-state index contributed by atoms with van der Waals surface area (Å²) in [5.74, 6) is 1.26. The van der Waals surface area contributed by atoms with E-state index in [0.29, 0.717) is 5.92 Å². The largest absolute Gasteiger partial charge is 0.494 e. The Bertz CT molecular complexity index is 530. The molecule has 0 saturated carbocycles. The number of alkyl halides is 1. The maximum Gasteiger partial charge on any atom is 0.123 e. The van der Waals surface area contributed by atoms with Gasteiger partial charge in [-0.25, -0.2) is 4.39 Å². The van der Waals surface area contributed by atoms with Crippen molar-refractivity contribution in [3.05, 3.63) is 66.0 Å². The van der Waals surface area contributed by atoms with E-state index in [9.17, 15) is 4.39 Å². The van der Waals surface area contributed by atoms with E-state index in [2.05, 4.69) is 15.9 Å². The third-order valence-electron chi connectivity index (χ3n) is 3.40. The van der Waals surface area contributed by atoms with Crippen LogP contribution in [0.2, 0.25) is 0 Å². The van der Waals surface area contributed by atoms with E-state index in [1.807, 2.05) is 36.4 Å². The van der Waals surface area contributed by atoms with Crippen molar-refractivity contribution >= 4 is 15.9 Å². The van der Waals surface area contributed by atoms with Crippen molar-refractivity contribution in [3.8, 4) is 5.75 Å². The fourth-order valence-corrected chi connectivity index (χ4v) is 2.86. The standard InChI is InChI=1S/C18H20BrFO/c19-14-16(12-15-6-4-8-17(20)13-15)7-5-11-21-18-9-2-1-3-10-18/h1-4,6,8-10,13,16H,5,7,11-12,14H2. The average molecular weight is 351 g/mol. The highest BCUT2D eigenvalue weighted by Gasteiger charge is 2.09. The van der Waals surface area contributed by atoms with Gasteiger partial charge in [-0.2, -0.15) is 0 Å². The summed E-state index contributed by atoms with van der Waals surface area (Å²) in [7, 11) is 0. The van der Waals surface area contributed by atoms with Gasteiger partial charge >= 0.3 is 0 Å². The molecule has 0 spiro atoms. The Hall–Kier alpha value is -1.35. The van der Waals surface area contributed by atoms with E-state index in [1.165, 1.54) is 6.07 Å². The van der Waals surface area contributed by atoms with Crippen LogP contribution in [0.3, 0.4) is 0 Å². The minimum absolute atomic E-state index is 0.159. The fourth-order valence-electron chi connectivity index (χ4n) is 2.31. The first kappa shape index (κ1) is 16.0. The van der Waals surface area contributed by atoms with E-state index >= 15 is 0 Å². The first-order valence-electron chi connectivity index (χ1n) is 7.26. The summed E-state index contributed by atoms with van der Waals surface area (Å²) in [6.45, 7) is 0.719. The number of halogens is 2. The number of hydrogen-bond donors (Lipinski definition) is 0. The van der Waals surface area contributed by atoms with Crippen LogP contribution < -0.4 is 4.74 Å². The van der Waals surface area contributed by atoms with Crippen molar-refractivity contribution in [1.29, 1.82) is 0 Å². The van der Waals surface area contributed by atoms with Gasteiger partial charge in [-0.15, -0.1) is 0 Å². The number of rotatable bonds is 8. The van der Waals surface area contributed by atoms with Crippen LogP contribution in [-0.2, 0) is 6.42 Å². The molecule has 0 N–H and O–H groups in total. The van der Waals surface area contributed by atoms with Crippen molar-refractivity contribution in [3.63, 3.8) is 0 Å². The molecule has 1 atom stereocenters. The molecule has 0 radical (unpaired) electrons. The van der Waals surface area contributed by atoms with Crippen LogP contribution in [0, 0.1) is 11.7 Å². The number of benzene rings is 2. The number of hydrogen-bond acceptors (Lipinski definition) is 1. The molecule has 0 bridgehead atoms. The lowest BCUT2D eigenvalue weighted by Gasteiger charge is -2.14. The highest BCUT2D eigenvalue weighted by atomic mass is 79.9. The topological polar surface area (TPSA) is 9.23 Å². The van der Waals surface area contributed by atoms with Gasteiger partial charge in [0.15, 0.2) is 0 Å². The second-order valence-electron chi connectivity index (χ2n) is 5.16. The van der Waals surface area contributed by atoms with E-state index in [4.69, 9.17) is 4.74 Å². The van der Waals surface area contributed by atoms with Crippen molar-refractivity contribution in [2.75, 3.05) is 11.9 Å². The molecule has 3 heteroatoms. The summed E-state index contributed by atoms with van der Waals surface area (Å²) >= 11 is 3.55. The minimum atomic E-state index is -0.159. The molecule has 0 aromatic heterocycles. The van der Waals surface area contributed by atoms with Crippen molar-refractivity contribution in [2.24, 2.45) is 5.92 Å². The van der Waals surface area contributed by atoms with Gasteiger partial charge in [-0.3, -0.25) is 0 Å². The van der Waals surface area contributed by atoms with Gasteiger partial charge in [0.2, 0.25) is 0 Å². The van der Waals surface area contributed by atoms with E-state index in [-0.39, 0.29) is 5.82 Å². The van der Waals surface area contributed by atoms with Gasteiger partial charge in [-0.05, 0) is 55.0 Å². The molecule has 112 valence electrons. The van der Waals surface area contributed by atoms with Crippen LogP contribution in [-0.4, -0.2) is 11.9 Å². The molecular weight excluding hydrogens is 331 g/mol. The zero-order valence-corrected chi connectivity index (χ0v) is 13.6. The maximum absolute atomic E-state index is 13.2. The van der Waals surface area contributed by atoms with Crippen molar-refractivity contribution in [2.45, 2.75) is 19.3 Å². The second kappa shape index (κ2) is 8.83. The molecule has 0 aliphatic heterocycles. The molecule has 2 rings (SSSR count). The fraction of sp³-hybridized carbons (Fsp3) is 0.333. The lowest BCUT2D eigenvalue weighted by Crippen LogP contribution is -2.09. The molecule has 1 nitrogen and oxygen atoms in total. The lowest BCUT2D eigenvalue weighted by molar-refractivity contribution is 0.295. The molecule has 2 aromatic rings. The lowest BCUT2D eigenvalue weighted by atomic mass is 9.97. The van der Waals surface area contributed by atoms with Gasteiger partial charge in [0.05, 0.1) is 6.61 Å².